The van der Waals surface area contributed by atoms with E-state index in [-0.39, 0.29) is 18.3 Å². The van der Waals surface area contributed by atoms with E-state index in [4.69, 9.17) is 55.7 Å². The predicted octanol–water partition coefficient (Wildman–Crippen LogP) is 4.13. The Morgan fingerprint density at radius 1 is 1.22 bits per heavy atom. The summed E-state index contributed by atoms with van der Waals surface area (Å²) >= 11 is 22.7. The smallest absolute Gasteiger partial charge is 0.278 e. The highest BCUT2D eigenvalue weighted by molar-refractivity contribution is 6.66. The zero-order valence-corrected chi connectivity index (χ0v) is 11.8. The minimum Gasteiger partial charge on any atom is -0.484 e. The largest absolute Gasteiger partial charge is 0.484 e. The minimum absolute atomic E-state index is 0.0635. The summed E-state index contributed by atoms with van der Waals surface area (Å²) < 4.78 is 8.44. The lowest BCUT2D eigenvalue weighted by molar-refractivity contribution is 0.285. The van der Waals surface area contributed by atoms with Gasteiger partial charge in [-0.25, -0.2) is 0 Å². The van der Waals surface area contributed by atoms with E-state index < -0.39 is 3.79 Å². The topological polar surface area (TPSA) is 48.2 Å². The first-order valence-electron chi connectivity index (χ1n) is 4.74. The second-order valence-electron chi connectivity index (χ2n) is 3.23. The maximum atomic E-state index is 5.92. The van der Waals surface area contributed by atoms with Crippen molar-refractivity contribution < 1.29 is 9.26 Å². The molecule has 0 fully saturated rings. The molecule has 0 radical (unpaired) electrons. The van der Waals surface area contributed by atoms with Crippen LogP contribution in [0.25, 0.3) is 0 Å². The Bertz CT molecular complexity index is 539. The molecule has 0 bridgehead atoms. The van der Waals surface area contributed by atoms with E-state index >= 15 is 0 Å². The van der Waals surface area contributed by atoms with Crippen molar-refractivity contribution >= 4 is 46.4 Å². The molecular formula is C10H6Cl4N2O2. The number of benzene rings is 1. The number of hydrogen-bond acceptors (Lipinski definition) is 4. The number of hydrogen-bond donors (Lipinski definition) is 0. The van der Waals surface area contributed by atoms with Crippen LogP contribution in [0.2, 0.25) is 5.02 Å². The van der Waals surface area contributed by atoms with Gasteiger partial charge in [0.1, 0.15) is 5.75 Å². The van der Waals surface area contributed by atoms with Gasteiger partial charge in [-0.05, 0) is 12.1 Å². The first-order valence-corrected chi connectivity index (χ1v) is 6.25. The molecule has 0 aliphatic carbocycles. The number of halogens is 4. The first-order chi connectivity index (χ1) is 8.47. The van der Waals surface area contributed by atoms with E-state index in [0.717, 1.165) is 0 Å². The SMILES string of the molecule is Clc1ccccc1OCc1noc(C(Cl)(Cl)Cl)n1. The fraction of sp³-hybridized carbons (Fsp3) is 0.200. The van der Waals surface area contributed by atoms with Crippen LogP contribution in [0.5, 0.6) is 5.75 Å². The highest BCUT2D eigenvalue weighted by Crippen LogP contribution is 2.36. The average molecular weight is 328 g/mol. The normalized spacial score (nSPS) is 11.6. The molecule has 0 atom stereocenters. The Balaban J connectivity index is 2.03. The van der Waals surface area contributed by atoms with Crippen LogP contribution < -0.4 is 4.74 Å². The molecule has 8 heteroatoms. The number of alkyl halides is 3. The Morgan fingerprint density at radius 2 is 1.94 bits per heavy atom. The Labute approximate surface area is 123 Å². The molecule has 0 unspecified atom stereocenters. The van der Waals surface area contributed by atoms with Gasteiger partial charge >= 0.3 is 0 Å². The molecule has 0 saturated carbocycles. The summed E-state index contributed by atoms with van der Waals surface area (Å²) in [5.41, 5.74) is 0. The highest BCUT2D eigenvalue weighted by Gasteiger charge is 2.30. The fourth-order valence-corrected chi connectivity index (χ4v) is 1.55. The molecule has 0 aliphatic rings. The van der Waals surface area contributed by atoms with Crippen LogP contribution >= 0.6 is 46.4 Å². The molecule has 1 heterocycles. The van der Waals surface area contributed by atoms with Crippen molar-refractivity contribution in [1.82, 2.24) is 10.1 Å². The van der Waals surface area contributed by atoms with Gasteiger partial charge in [0, 0.05) is 0 Å². The van der Waals surface area contributed by atoms with E-state index in [9.17, 15) is 0 Å². The van der Waals surface area contributed by atoms with Crippen molar-refractivity contribution in [3.63, 3.8) is 0 Å². The second kappa shape index (κ2) is 5.53. The van der Waals surface area contributed by atoms with Crippen molar-refractivity contribution in [2.75, 3.05) is 0 Å². The first kappa shape index (κ1) is 13.7. The maximum Gasteiger partial charge on any atom is 0.278 e. The van der Waals surface area contributed by atoms with Crippen molar-refractivity contribution in [3.05, 3.63) is 41.0 Å². The van der Waals surface area contributed by atoms with Gasteiger partial charge in [-0.15, -0.1) is 0 Å². The van der Waals surface area contributed by atoms with Gasteiger partial charge in [-0.3, -0.25) is 0 Å². The van der Waals surface area contributed by atoms with E-state index in [1.54, 1.807) is 24.3 Å². The zero-order chi connectivity index (χ0) is 13.2. The van der Waals surface area contributed by atoms with Crippen molar-refractivity contribution in [2.45, 2.75) is 10.4 Å². The Morgan fingerprint density at radius 3 is 2.56 bits per heavy atom. The molecule has 0 aliphatic heterocycles. The standard InChI is InChI=1S/C10H6Cl4N2O2/c11-6-3-1-2-4-7(6)17-5-8-15-9(18-16-8)10(12,13)14/h1-4H,5H2. The van der Waals surface area contributed by atoms with Crippen LogP contribution in [-0.4, -0.2) is 10.1 Å². The summed E-state index contributed by atoms with van der Waals surface area (Å²) in [4.78, 5) is 3.88. The number of rotatable bonds is 3. The van der Waals surface area contributed by atoms with E-state index in [2.05, 4.69) is 10.1 Å². The molecule has 1 aromatic heterocycles. The van der Waals surface area contributed by atoms with Gasteiger partial charge in [0.15, 0.2) is 6.61 Å². The lowest BCUT2D eigenvalue weighted by Crippen LogP contribution is -2.02. The van der Waals surface area contributed by atoms with Crippen molar-refractivity contribution in [1.29, 1.82) is 0 Å². The van der Waals surface area contributed by atoms with Gasteiger partial charge < -0.3 is 9.26 Å². The zero-order valence-electron chi connectivity index (χ0n) is 8.74. The molecule has 4 nitrogen and oxygen atoms in total. The summed E-state index contributed by atoms with van der Waals surface area (Å²) in [6.45, 7) is 0.0635. The second-order valence-corrected chi connectivity index (χ2v) is 5.92. The minimum atomic E-state index is -1.74. The predicted molar refractivity (Wildman–Crippen MR) is 69.3 cm³/mol. The quantitative estimate of drug-likeness (QED) is 0.795. The van der Waals surface area contributed by atoms with Crippen LogP contribution in [0.3, 0.4) is 0 Å². The third kappa shape index (κ3) is 3.42. The third-order valence-electron chi connectivity index (χ3n) is 1.90. The number of para-hydroxylation sites is 1. The molecule has 96 valence electrons. The average Bonchev–Trinajstić information content (AvgIpc) is 2.76. The van der Waals surface area contributed by atoms with Crippen LogP contribution in [-0.2, 0) is 10.4 Å². The maximum absolute atomic E-state index is 5.92. The van der Waals surface area contributed by atoms with Gasteiger partial charge in [0.25, 0.3) is 9.68 Å². The number of nitrogens with zero attached hydrogens (tertiary/aromatic N) is 2. The molecule has 0 N–H and O–H groups in total. The van der Waals surface area contributed by atoms with E-state index in [0.29, 0.717) is 10.8 Å². The molecule has 2 aromatic rings. The molecule has 1 aromatic carbocycles. The summed E-state index contributed by atoms with van der Waals surface area (Å²) in [5.74, 6) is 0.668. The summed E-state index contributed by atoms with van der Waals surface area (Å²) in [6, 6.07) is 7.02. The molecule has 18 heavy (non-hydrogen) atoms. The van der Waals surface area contributed by atoms with Crippen molar-refractivity contribution in [3.8, 4) is 5.75 Å². The van der Waals surface area contributed by atoms with Gasteiger partial charge in [0.05, 0.1) is 5.02 Å². The van der Waals surface area contributed by atoms with E-state index in [1.807, 2.05) is 0 Å². The van der Waals surface area contributed by atoms with Crippen LogP contribution in [0.1, 0.15) is 11.7 Å². The summed E-state index contributed by atoms with van der Waals surface area (Å²) in [6.07, 6.45) is 0. The Hall–Kier alpha value is -0.680. The molecule has 0 amide bonds. The summed E-state index contributed by atoms with van der Waals surface area (Å²) in [7, 11) is 0. The van der Waals surface area contributed by atoms with Gasteiger partial charge in [-0.2, -0.15) is 4.98 Å². The number of aromatic nitrogens is 2. The number of ether oxygens (including phenoxy) is 1. The van der Waals surface area contributed by atoms with Crippen LogP contribution in [0.15, 0.2) is 28.8 Å². The van der Waals surface area contributed by atoms with Crippen molar-refractivity contribution in [2.24, 2.45) is 0 Å². The molecule has 0 saturated heterocycles. The molecule has 2 rings (SSSR count). The lowest BCUT2D eigenvalue weighted by atomic mass is 10.3. The monoisotopic (exact) mass is 326 g/mol. The van der Waals surface area contributed by atoms with Gasteiger partial charge in [0.2, 0.25) is 5.82 Å². The molecular weight excluding hydrogens is 322 g/mol. The highest BCUT2D eigenvalue weighted by atomic mass is 35.6. The van der Waals surface area contributed by atoms with Gasteiger partial charge in [-0.1, -0.05) is 63.7 Å². The van der Waals surface area contributed by atoms with Crippen LogP contribution in [0.4, 0.5) is 0 Å². The third-order valence-corrected chi connectivity index (χ3v) is 2.70. The molecule has 0 spiro atoms. The summed E-state index contributed by atoms with van der Waals surface area (Å²) in [5, 5.41) is 4.11. The lowest BCUT2D eigenvalue weighted by Gasteiger charge is -2.04. The van der Waals surface area contributed by atoms with Crippen LogP contribution in [0, 0.1) is 0 Å². The fourth-order valence-electron chi connectivity index (χ4n) is 1.13. The Kier molecular flexibility index (Phi) is 4.22. The van der Waals surface area contributed by atoms with E-state index in [1.165, 1.54) is 0 Å².